The number of carboxylic acid groups (broad SMARTS) is 1. The molecule has 0 aromatic heterocycles. The first-order valence-electron chi connectivity index (χ1n) is 6.30. The fraction of sp³-hybridized carbons (Fsp3) is 0.667. The normalized spacial score (nSPS) is 29.1. The maximum atomic E-state index is 10.9. The van der Waals surface area contributed by atoms with E-state index in [1.54, 1.807) is 0 Å². The van der Waals surface area contributed by atoms with E-state index in [-0.39, 0.29) is 35.8 Å². The van der Waals surface area contributed by atoms with E-state index in [4.69, 9.17) is 14.6 Å². The second kappa shape index (κ2) is 9.67. The van der Waals surface area contributed by atoms with Crippen LogP contribution in [-0.4, -0.2) is 80.7 Å². The molecule has 0 radical (unpaired) electrons. The largest absolute Gasteiger partial charge is 1.00 e. The molecule has 1 heterocycles. The summed E-state index contributed by atoms with van der Waals surface area (Å²) >= 11 is 0. The molecular weight excluding hydrogens is 327 g/mol. The van der Waals surface area contributed by atoms with Gasteiger partial charge in [-0.15, -0.1) is 0 Å². The van der Waals surface area contributed by atoms with Gasteiger partial charge in [0.05, 0.1) is 6.10 Å². The average molecular weight is 344 g/mol. The van der Waals surface area contributed by atoms with Gasteiger partial charge >= 0.3 is 29.6 Å². The van der Waals surface area contributed by atoms with E-state index in [1.807, 2.05) is 0 Å². The molecule has 0 aromatic carbocycles. The molecule has 0 spiro atoms. The minimum Gasteiger partial charge on any atom is -0.542 e. The van der Waals surface area contributed by atoms with Crippen molar-refractivity contribution in [2.75, 3.05) is 0 Å². The zero-order valence-corrected chi connectivity index (χ0v) is 14.5. The Morgan fingerprint density at radius 2 is 1.91 bits per heavy atom. The number of aliphatic carboxylic acids is 1. The summed E-state index contributed by atoms with van der Waals surface area (Å²) in [5.41, 5.74) is 0. The second-order valence-corrected chi connectivity index (χ2v) is 4.74. The Labute approximate surface area is 153 Å². The molecule has 126 valence electrons. The van der Waals surface area contributed by atoms with Crippen molar-refractivity contribution >= 4 is 12.3 Å². The Bertz CT molecular complexity index is 440. The van der Waals surface area contributed by atoms with Crippen LogP contribution in [0.15, 0.2) is 11.8 Å². The summed E-state index contributed by atoms with van der Waals surface area (Å²) in [5, 5.41) is 58.1. The van der Waals surface area contributed by atoms with Crippen LogP contribution in [0.4, 0.5) is 0 Å². The fourth-order valence-corrected chi connectivity index (χ4v) is 1.70. The Hall–Kier alpha value is -0.560. The number of hydrogen-bond acceptors (Lipinski definition) is 10. The van der Waals surface area contributed by atoms with E-state index in [0.717, 1.165) is 6.92 Å². The van der Waals surface area contributed by atoms with Crippen LogP contribution in [-0.2, 0) is 19.1 Å². The van der Waals surface area contributed by atoms with Gasteiger partial charge in [0.2, 0.25) is 6.29 Å². The molecule has 1 aliphatic rings. The average Bonchev–Trinajstić information content (AvgIpc) is 2.46. The van der Waals surface area contributed by atoms with Gasteiger partial charge in [0.15, 0.2) is 6.29 Å². The molecule has 0 saturated carbocycles. The van der Waals surface area contributed by atoms with Crippen LogP contribution >= 0.6 is 0 Å². The van der Waals surface area contributed by atoms with E-state index < -0.39 is 54.6 Å². The minimum atomic E-state index is -1.87. The molecule has 0 amide bonds. The van der Waals surface area contributed by atoms with Gasteiger partial charge in [0.1, 0.15) is 42.2 Å². The number of aldehydes is 1. The Morgan fingerprint density at radius 3 is 2.35 bits per heavy atom. The van der Waals surface area contributed by atoms with Gasteiger partial charge < -0.3 is 49.7 Å². The first-order valence-corrected chi connectivity index (χ1v) is 6.30. The number of rotatable bonds is 7. The first-order chi connectivity index (χ1) is 10.2. The number of carbonyl (C=O) groups is 2. The molecule has 11 heteroatoms. The van der Waals surface area contributed by atoms with Crippen molar-refractivity contribution in [1.29, 1.82) is 0 Å². The zero-order valence-electron chi connectivity index (χ0n) is 12.5. The van der Waals surface area contributed by atoms with Gasteiger partial charge in [-0.2, -0.15) is 0 Å². The summed E-state index contributed by atoms with van der Waals surface area (Å²) in [6.45, 7) is 1.16. The molecule has 1 rings (SSSR count). The van der Waals surface area contributed by atoms with Gasteiger partial charge in [-0.3, -0.25) is 0 Å². The van der Waals surface area contributed by atoms with E-state index in [9.17, 15) is 35.1 Å². The maximum absolute atomic E-state index is 10.9. The van der Waals surface area contributed by atoms with Gasteiger partial charge in [-0.05, 0) is 13.0 Å². The van der Waals surface area contributed by atoms with Gasteiger partial charge in [-0.1, -0.05) is 0 Å². The molecule has 23 heavy (non-hydrogen) atoms. The van der Waals surface area contributed by atoms with Crippen LogP contribution in [0.5, 0.6) is 0 Å². The van der Waals surface area contributed by atoms with Crippen molar-refractivity contribution < 1.29 is 79.3 Å². The first kappa shape index (κ1) is 22.4. The number of ether oxygens (including phenoxy) is 2. The summed E-state index contributed by atoms with van der Waals surface area (Å²) in [4.78, 5) is 21.6. The molecule has 0 saturated heterocycles. The van der Waals surface area contributed by atoms with Crippen molar-refractivity contribution in [3.63, 3.8) is 0 Å². The standard InChI is InChI=1S/C12H18O10.Na/c1-4(14)8(16)10(18)7(3-13)22-12-9(17)5(15)2-6(21-12)11(19)20;/h2-5,7-10,12,14-18H,1H3,(H,19,20);/q;+1/p-1. The smallest absolute Gasteiger partial charge is 0.542 e. The van der Waals surface area contributed by atoms with Crippen molar-refractivity contribution in [2.24, 2.45) is 0 Å². The quantitative estimate of drug-likeness (QED) is 0.220. The molecule has 0 aliphatic carbocycles. The SMILES string of the molecule is CC(O)C(O)C(O)C(C=O)OC1OC(C(=O)[O-])=CC(O)C1O.[Na+]. The topological polar surface area (TPSA) is 177 Å². The van der Waals surface area contributed by atoms with Crippen LogP contribution in [0.25, 0.3) is 0 Å². The Morgan fingerprint density at radius 1 is 1.35 bits per heavy atom. The molecule has 7 unspecified atom stereocenters. The number of carbonyl (C=O) groups excluding carboxylic acids is 2. The van der Waals surface area contributed by atoms with E-state index >= 15 is 0 Å². The van der Waals surface area contributed by atoms with Gasteiger partial charge in [-0.25, -0.2) is 0 Å². The van der Waals surface area contributed by atoms with Crippen LogP contribution in [0.3, 0.4) is 0 Å². The molecular formula is C12H17NaO10. The monoisotopic (exact) mass is 344 g/mol. The summed E-state index contributed by atoms with van der Waals surface area (Å²) < 4.78 is 9.59. The predicted octanol–water partition coefficient (Wildman–Crippen LogP) is -7.61. The zero-order chi connectivity index (χ0) is 17.0. The number of aliphatic hydroxyl groups is 5. The van der Waals surface area contributed by atoms with E-state index in [1.165, 1.54) is 0 Å². The van der Waals surface area contributed by atoms with Crippen molar-refractivity contribution in [2.45, 2.75) is 49.8 Å². The van der Waals surface area contributed by atoms with E-state index in [0.29, 0.717) is 6.08 Å². The third kappa shape index (κ3) is 5.78. The molecule has 7 atom stereocenters. The second-order valence-electron chi connectivity index (χ2n) is 4.74. The van der Waals surface area contributed by atoms with Gasteiger partial charge in [0.25, 0.3) is 0 Å². The minimum absolute atomic E-state index is 0. The molecule has 0 bridgehead atoms. The summed E-state index contributed by atoms with van der Waals surface area (Å²) in [6.07, 6.45) is -11.2. The molecule has 1 aliphatic heterocycles. The van der Waals surface area contributed by atoms with E-state index in [2.05, 4.69) is 0 Å². The van der Waals surface area contributed by atoms with Crippen molar-refractivity contribution in [3.05, 3.63) is 11.8 Å². The third-order valence-electron chi connectivity index (χ3n) is 3.00. The van der Waals surface area contributed by atoms with Crippen LogP contribution in [0.2, 0.25) is 0 Å². The number of carboxylic acids is 1. The molecule has 0 fully saturated rings. The Balaban J connectivity index is 0.00000484. The summed E-state index contributed by atoms with van der Waals surface area (Å²) in [5.74, 6) is -2.61. The predicted molar refractivity (Wildman–Crippen MR) is 64.6 cm³/mol. The van der Waals surface area contributed by atoms with Crippen molar-refractivity contribution in [3.8, 4) is 0 Å². The summed E-state index contributed by atoms with van der Waals surface area (Å²) in [6, 6.07) is 0. The third-order valence-corrected chi connectivity index (χ3v) is 3.00. The number of hydrogen-bond donors (Lipinski definition) is 5. The molecule has 0 aromatic rings. The summed E-state index contributed by atoms with van der Waals surface area (Å²) in [7, 11) is 0. The Kier molecular flexibility index (Phi) is 9.43. The van der Waals surface area contributed by atoms with Crippen molar-refractivity contribution in [1.82, 2.24) is 0 Å². The fourth-order valence-electron chi connectivity index (χ4n) is 1.70. The molecule has 5 N–H and O–H groups in total. The van der Waals surface area contributed by atoms with Gasteiger partial charge in [0, 0.05) is 0 Å². The van der Waals surface area contributed by atoms with Crippen LogP contribution < -0.4 is 34.7 Å². The number of aliphatic hydroxyl groups excluding tert-OH is 5. The van der Waals surface area contributed by atoms with Crippen LogP contribution in [0, 0.1) is 0 Å². The van der Waals surface area contributed by atoms with Crippen LogP contribution in [0.1, 0.15) is 6.92 Å². The maximum Gasteiger partial charge on any atom is 1.00 e. The molecule has 10 nitrogen and oxygen atoms in total.